The molecule has 2 aromatic rings. The molecule has 2 fully saturated rings. The Kier molecular flexibility index (Phi) is 5.61. The third-order valence-electron chi connectivity index (χ3n) is 7.97. The van der Waals surface area contributed by atoms with Gasteiger partial charge in [-0.3, -0.25) is 23.9 Å². The fraction of sp³-hybridized carbons (Fsp3) is 0.407. The normalized spacial score (nSPS) is 19.7. The van der Waals surface area contributed by atoms with Gasteiger partial charge in [-0.2, -0.15) is 4.80 Å². The molecule has 3 heterocycles. The van der Waals surface area contributed by atoms with E-state index >= 15 is 0 Å². The number of aromatic nitrogens is 3. The summed E-state index contributed by atoms with van der Waals surface area (Å²) in [7, 11) is 3.44. The van der Waals surface area contributed by atoms with Gasteiger partial charge in [0.1, 0.15) is 16.4 Å². The Morgan fingerprint density at radius 2 is 1.61 bits per heavy atom. The van der Waals surface area contributed by atoms with Crippen LogP contribution in [0.3, 0.4) is 0 Å². The first-order chi connectivity index (χ1) is 17.5. The molecule has 1 aliphatic carbocycles. The van der Waals surface area contributed by atoms with Crippen LogP contribution in [0.1, 0.15) is 12.8 Å². The van der Waals surface area contributed by atoms with Gasteiger partial charge >= 0.3 is 0 Å². The number of benzene rings is 2. The third-order valence-corrected chi connectivity index (χ3v) is 7.97. The lowest BCUT2D eigenvalue weighted by Gasteiger charge is -2.36. The Morgan fingerprint density at radius 3 is 2.28 bits per heavy atom. The number of fused-ring (bicyclic) bond motifs is 3. The first kappa shape index (κ1) is 22.9. The van der Waals surface area contributed by atoms with Gasteiger partial charge in [0.25, 0.3) is 0 Å². The number of piperazine rings is 1. The summed E-state index contributed by atoms with van der Waals surface area (Å²) in [6, 6.07) is 16.1. The summed E-state index contributed by atoms with van der Waals surface area (Å²) in [5.41, 5.74) is 0.804. The van der Waals surface area contributed by atoms with Crippen LogP contribution in [0.4, 0.5) is 5.69 Å². The molecule has 0 spiro atoms. The van der Waals surface area contributed by atoms with Crippen LogP contribution in [0.25, 0.3) is 10.8 Å². The molecule has 6 rings (SSSR count). The zero-order valence-corrected chi connectivity index (χ0v) is 20.6. The number of hydrogen-bond acceptors (Lipinski definition) is 6. The van der Waals surface area contributed by atoms with Crippen molar-refractivity contribution in [2.75, 3.05) is 31.6 Å². The number of nitrogens with zero attached hydrogens (tertiary/aromatic N) is 5. The first-order valence-electron chi connectivity index (χ1n) is 12.5. The van der Waals surface area contributed by atoms with E-state index in [1.165, 1.54) is 0 Å². The molecule has 1 N–H and O–H groups in total. The van der Waals surface area contributed by atoms with Crippen molar-refractivity contribution < 1.29 is 9.84 Å². The van der Waals surface area contributed by atoms with E-state index in [9.17, 15) is 14.7 Å². The number of rotatable bonds is 7. The van der Waals surface area contributed by atoms with Gasteiger partial charge in [0.2, 0.25) is 10.9 Å². The minimum Gasteiger partial charge on any atom is -0.495 e. The number of likely N-dealkylation sites (tertiary alicyclic amines) is 1. The molecule has 2 atom stereocenters. The minimum absolute atomic E-state index is 0.171. The van der Waals surface area contributed by atoms with Gasteiger partial charge in [-0.25, -0.2) is 0 Å². The average Bonchev–Trinajstić information content (AvgIpc) is 3.58. The van der Waals surface area contributed by atoms with E-state index in [2.05, 4.69) is 21.9 Å². The number of methoxy groups -OCH3 is 1. The summed E-state index contributed by atoms with van der Waals surface area (Å²) in [5.74, 6) is 0.913. The van der Waals surface area contributed by atoms with Crippen LogP contribution in [-0.4, -0.2) is 63.0 Å². The molecule has 9 heteroatoms. The molecule has 2 saturated heterocycles. The summed E-state index contributed by atoms with van der Waals surface area (Å²) < 4.78 is 8.96. The lowest BCUT2D eigenvalue weighted by atomic mass is 10.1. The third kappa shape index (κ3) is 3.37. The van der Waals surface area contributed by atoms with E-state index in [1.54, 1.807) is 52.6 Å². The lowest BCUT2D eigenvalue weighted by molar-refractivity contribution is 0.132. The van der Waals surface area contributed by atoms with Crippen LogP contribution in [-0.2, 0) is 20.3 Å². The summed E-state index contributed by atoms with van der Waals surface area (Å²) in [6.07, 6.45) is 1.94. The molecule has 2 aromatic carbocycles. The highest BCUT2D eigenvalue weighted by Crippen LogP contribution is 2.38. The molecular formula is C27H31N5O4. The zero-order chi connectivity index (χ0) is 25.0. The highest BCUT2D eigenvalue weighted by molar-refractivity contribution is 5.81. The quantitative estimate of drug-likeness (QED) is 0.424. The Hall–Kier alpha value is -3.56. The van der Waals surface area contributed by atoms with Gasteiger partial charge in [0.05, 0.1) is 12.8 Å². The Labute approximate surface area is 207 Å². The summed E-state index contributed by atoms with van der Waals surface area (Å²) in [6.45, 7) is 3.07. The Bertz CT molecular complexity index is 1620. The van der Waals surface area contributed by atoms with Crippen molar-refractivity contribution in [3.8, 4) is 5.75 Å². The Morgan fingerprint density at radius 1 is 0.917 bits per heavy atom. The predicted molar refractivity (Wildman–Crippen MR) is 138 cm³/mol. The van der Waals surface area contributed by atoms with Crippen molar-refractivity contribution in [1.29, 1.82) is 0 Å². The van der Waals surface area contributed by atoms with Crippen LogP contribution in [0.2, 0.25) is 0 Å². The van der Waals surface area contributed by atoms with E-state index in [0.717, 1.165) is 43.9 Å². The molecule has 36 heavy (non-hydrogen) atoms. The van der Waals surface area contributed by atoms with Gasteiger partial charge in [-0.05, 0) is 25.0 Å². The molecule has 0 aromatic heterocycles. The van der Waals surface area contributed by atoms with Crippen LogP contribution >= 0.6 is 0 Å². The number of aliphatic hydroxyl groups excluding tert-OH is 1. The monoisotopic (exact) mass is 489 g/mol. The largest absolute Gasteiger partial charge is 0.495 e. The first-order valence-corrected chi connectivity index (χ1v) is 12.5. The lowest BCUT2D eigenvalue weighted by Crippen LogP contribution is -2.47. The van der Waals surface area contributed by atoms with Gasteiger partial charge in [-0.1, -0.05) is 36.4 Å². The molecule has 188 valence electrons. The van der Waals surface area contributed by atoms with Crippen LogP contribution < -0.4 is 20.5 Å². The fourth-order valence-electron chi connectivity index (χ4n) is 6.29. The van der Waals surface area contributed by atoms with Crippen LogP contribution in [0.15, 0.2) is 58.1 Å². The summed E-state index contributed by atoms with van der Waals surface area (Å²) in [5, 5.41) is 11.6. The number of aliphatic hydroxyl groups is 1. The zero-order valence-electron chi connectivity index (χ0n) is 20.6. The van der Waals surface area contributed by atoms with E-state index < -0.39 is 0 Å². The molecule has 9 nitrogen and oxygen atoms in total. The SMILES string of the molecule is COc1ccccc1N1CC2CC1CN2CCCn1c2c(=O)c3ccccc3c(=O)c=2n(C)n1CO. The summed E-state index contributed by atoms with van der Waals surface area (Å²) in [4.78, 5) is 33.2. The predicted octanol–water partition coefficient (Wildman–Crippen LogP) is 1.54. The smallest absolute Gasteiger partial charge is 0.214 e. The standard InChI is InChI=1S/C27H31N5O4/c1-28-24-25(27(35)21-9-4-3-8-20(21)26(24)34)31(32(28)17-33)13-7-12-29-15-19-14-18(29)16-30(19)22-10-5-6-11-23(22)36-2/h3-6,8-11,18-19,33H,7,12-17H2,1-2H3. The van der Waals surface area contributed by atoms with Gasteiger partial charge < -0.3 is 14.7 Å². The molecule has 2 unspecified atom stereocenters. The minimum atomic E-state index is -0.317. The second kappa shape index (κ2) is 8.83. The number of ether oxygens (including phenoxy) is 1. The Balaban J connectivity index is 1.23. The van der Waals surface area contributed by atoms with Crippen LogP contribution in [0, 0.1) is 10.7 Å². The van der Waals surface area contributed by atoms with Crippen LogP contribution in [0.5, 0.6) is 5.75 Å². The van der Waals surface area contributed by atoms with E-state index in [4.69, 9.17) is 4.74 Å². The maximum atomic E-state index is 13.4. The summed E-state index contributed by atoms with van der Waals surface area (Å²) >= 11 is 0. The van der Waals surface area contributed by atoms with Crippen molar-refractivity contribution in [3.05, 3.63) is 79.7 Å². The molecule has 2 bridgehead atoms. The van der Waals surface area contributed by atoms with E-state index in [-0.39, 0.29) is 17.6 Å². The molecule has 0 saturated carbocycles. The molecule has 3 aliphatic heterocycles. The van der Waals surface area contributed by atoms with Gasteiger partial charge in [-0.15, -0.1) is 0 Å². The number of hydrogen-bond donors (Lipinski definition) is 1. The maximum Gasteiger partial charge on any atom is 0.214 e. The van der Waals surface area contributed by atoms with Crippen molar-refractivity contribution in [2.45, 2.75) is 38.2 Å². The second-order valence-corrected chi connectivity index (χ2v) is 9.78. The second-order valence-electron chi connectivity index (χ2n) is 9.78. The number of para-hydroxylation sites is 2. The van der Waals surface area contributed by atoms with Crippen molar-refractivity contribution >= 4 is 16.5 Å². The average molecular weight is 490 g/mol. The number of anilines is 1. The van der Waals surface area contributed by atoms with Gasteiger partial charge in [0.15, 0.2) is 6.73 Å². The van der Waals surface area contributed by atoms with E-state index in [0.29, 0.717) is 40.1 Å². The molecule has 0 radical (unpaired) electrons. The molecule has 4 aliphatic rings. The highest BCUT2D eigenvalue weighted by Gasteiger charge is 2.43. The highest BCUT2D eigenvalue weighted by atomic mass is 16.5. The van der Waals surface area contributed by atoms with Crippen molar-refractivity contribution in [1.82, 2.24) is 19.1 Å². The maximum absolute atomic E-state index is 13.4. The molecule has 0 amide bonds. The van der Waals surface area contributed by atoms with Gasteiger partial charge in [0, 0.05) is 56.1 Å². The van der Waals surface area contributed by atoms with E-state index in [1.807, 2.05) is 12.1 Å². The van der Waals surface area contributed by atoms with Crippen molar-refractivity contribution in [3.63, 3.8) is 0 Å². The van der Waals surface area contributed by atoms with Crippen molar-refractivity contribution in [2.24, 2.45) is 7.05 Å². The topological polar surface area (TPSA) is 84.9 Å². The fourth-order valence-corrected chi connectivity index (χ4v) is 6.29. The molecular weight excluding hydrogens is 458 g/mol.